The molecule has 0 amide bonds. The summed E-state index contributed by atoms with van der Waals surface area (Å²) in [6.45, 7) is 0.881. The Balaban J connectivity index is 1.56. The number of rotatable bonds is 3. The first kappa shape index (κ1) is 17.5. The van der Waals surface area contributed by atoms with Crippen LogP contribution in [-0.2, 0) is 6.54 Å². The summed E-state index contributed by atoms with van der Waals surface area (Å²) in [6, 6.07) is 19.6. The molecule has 2 heterocycles. The van der Waals surface area contributed by atoms with E-state index >= 15 is 0 Å². The summed E-state index contributed by atoms with van der Waals surface area (Å²) in [4.78, 5) is 10.1. The molecular formula is C24H28N4. The highest BCUT2D eigenvalue weighted by Crippen LogP contribution is 2.40. The summed E-state index contributed by atoms with van der Waals surface area (Å²) in [5, 5.41) is 0. The van der Waals surface area contributed by atoms with E-state index in [2.05, 4.69) is 77.6 Å². The Morgan fingerprint density at radius 1 is 1.04 bits per heavy atom. The van der Waals surface area contributed by atoms with E-state index in [9.17, 15) is 0 Å². The molecule has 2 aromatic rings. The van der Waals surface area contributed by atoms with Gasteiger partial charge in [-0.1, -0.05) is 55.0 Å². The van der Waals surface area contributed by atoms with Crippen LogP contribution in [0.1, 0.15) is 36.8 Å². The monoisotopic (exact) mass is 372 g/mol. The Bertz CT molecular complexity index is 917. The van der Waals surface area contributed by atoms with Crippen LogP contribution in [0.25, 0.3) is 0 Å². The molecule has 2 aliphatic heterocycles. The number of nitrogens with zero attached hydrogens (tertiary/aromatic N) is 3. The normalized spacial score (nSPS) is 26.4. The summed E-state index contributed by atoms with van der Waals surface area (Å²) >= 11 is 0. The minimum absolute atomic E-state index is 0.173. The number of hydrogen-bond donors (Lipinski definition) is 1. The van der Waals surface area contributed by atoms with Gasteiger partial charge in [-0.05, 0) is 30.9 Å². The molecule has 0 aromatic heterocycles. The van der Waals surface area contributed by atoms with Gasteiger partial charge in [-0.3, -0.25) is 4.99 Å². The number of allylic oxidation sites excluding steroid dienone is 1. The molecule has 0 radical (unpaired) electrons. The quantitative estimate of drug-likeness (QED) is 0.881. The molecule has 2 N–H and O–H groups in total. The van der Waals surface area contributed by atoms with Gasteiger partial charge in [-0.15, -0.1) is 0 Å². The minimum atomic E-state index is 0.173. The number of hydrogen-bond acceptors (Lipinski definition) is 4. The van der Waals surface area contributed by atoms with Gasteiger partial charge >= 0.3 is 0 Å². The van der Waals surface area contributed by atoms with Crippen LogP contribution in [-0.4, -0.2) is 29.9 Å². The van der Waals surface area contributed by atoms with Crippen molar-refractivity contribution in [2.45, 2.75) is 44.4 Å². The van der Waals surface area contributed by atoms with Crippen molar-refractivity contribution < 1.29 is 0 Å². The molecule has 1 fully saturated rings. The van der Waals surface area contributed by atoms with Gasteiger partial charge in [0.05, 0.1) is 11.4 Å². The average molecular weight is 373 g/mol. The molecule has 28 heavy (non-hydrogen) atoms. The van der Waals surface area contributed by atoms with E-state index in [0.29, 0.717) is 12.0 Å². The molecule has 3 unspecified atom stereocenters. The van der Waals surface area contributed by atoms with Crippen molar-refractivity contribution in [3.05, 3.63) is 77.6 Å². The number of nitrogens with two attached hydrogens (primary N) is 1. The second kappa shape index (κ2) is 7.10. The van der Waals surface area contributed by atoms with E-state index in [-0.39, 0.29) is 6.17 Å². The zero-order chi connectivity index (χ0) is 19.1. The lowest BCUT2D eigenvalue weighted by molar-refractivity contribution is 0.160. The van der Waals surface area contributed by atoms with Gasteiger partial charge in [0.2, 0.25) is 0 Å². The maximum Gasteiger partial charge on any atom is 0.125 e. The molecule has 4 nitrogen and oxygen atoms in total. The van der Waals surface area contributed by atoms with Crippen molar-refractivity contribution in [1.29, 1.82) is 0 Å². The fourth-order valence-corrected chi connectivity index (χ4v) is 4.98. The highest BCUT2D eigenvalue weighted by Gasteiger charge is 2.40. The van der Waals surface area contributed by atoms with Crippen LogP contribution in [0.3, 0.4) is 0 Å². The third-order valence-electron chi connectivity index (χ3n) is 6.36. The van der Waals surface area contributed by atoms with Crippen LogP contribution < -0.4 is 10.6 Å². The summed E-state index contributed by atoms with van der Waals surface area (Å²) in [6.07, 6.45) is 7.07. The Morgan fingerprint density at radius 2 is 1.82 bits per heavy atom. The molecular weight excluding hydrogens is 344 g/mol. The summed E-state index contributed by atoms with van der Waals surface area (Å²) in [7, 11) is 2.13. The first-order chi connectivity index (χ1) is 13.7. The number of para-hydroxylation sites is 1. The summed E-state index contributed by atoms with van der Waals surface area (Å²) < 4.78 is 0. The molecule has 1 saturated carbocycles. The van der Waals surface area contributed by atoms with E-state index in [0.717, 1.165) is 25.1 Å². The molecule has 0 spiro atoms. The molecule has 144 valence electrons. The maximum absolute atomic E-state index is 6.35. The molecule has 4 heteroatoms. The van der Waals surface area contributed by atoms with Crippen LogP contribution >= 0.6 is 0 Å². The van der Waals surface area contributed by atoms with Crippen molar-refractivity contribution >= 4 is 11.4 Å². The van der Waals surface area contributed by atoms with Gasteiger partial charge in [-0.25, -0.2) is 0 Å². The maximum atomic E-state index is 6.35. The Labute approximate surface area is 167 Å². The van der Waals surface area contributed by atoms with Gasteiger partial charge in [0, 0.05) is 43.0 Å². The smallest absolute Gasteiger partial charge is 0.125 e. The summed E-state index contributed by atoms with van der Waals surface area (Å²) in [5.74, 6) is 0.518. The van der Waals surface area contributed by atoms with Gasteiger partial charge in [0.15, 0.2) is 0 Å². The number of benzene rings is 2. The van der Waals surface area contributed by atoms with Crippen molar-refractivity contribution in [3.8, 4) is 0 Å². The highest BCUT2D eigenvalue weighted by molar-refractivity contribution is 6.18. The van der Waals surface area contributed by atoms with E-state index < -0.39 is 0 Å². The van der Waals surface area contributed by atoms with Gasteiger partial charge < -0.3 is 15.5 Å². The largest absolute Gasteiger partial charge is 0.348 e. The predicted octanol–water partition coefficient (Wildman–Crippen LogP) is 4.13. The van der Waals surface area contributed by atoms with E-state index in [1.165, 1.54) is 35.4 Å². The van der Waals surface area contributed by atoms with Crippen LogP contribution in [0.4, 0.5) is 5.69 Å². The number of fused-ring (bicyclic) bond motifs is 3. The zero-order valence-electron chi connectivity index (χ0n) is 16.5. The van der Waals surface area contributed by atoms with Gasteiger partial charge in [-0.2, -0.15) is 0 Å². The molecule has 2 aromatic carbocycles. The van der Waals surface area contributed by atoms with Gasteiger partial charge in [0.25, 0.3) is 0 Å². The summed E-state index contributed by atoms with van der Waals surface area (Å²) in [5.41, 5.74) is 12.5. The second-order valence-electron chi connectivity index (χ2n) is 8.33. The number of anilines is 1. The second-order valence-corrected chi connectivity index (χ2v) is 8.33. The Kier molecular flexibility index (Phi) is 4.44. The lowest BCUT2D eigenvalue weighted by Gasteiger charge is -2.37. The minimum Gasteiger partial charge on any atom is -0.348 e. The Hall–Kier alpha value is -2.59. The van der Waals surface area contributed by atoms with E-state index in [1.807, 2.05) is 0 Å². The first-order valence-electron chi connectivity index (χ1n) is 10.4. The zero-order valence-corrected chi connectivity index (χ0v) is 16.5. The lowest BCUT2D eigenvalue weighted by atomic mass is 9.84. The van der Waals surface area contributed by atoms with Crippen molar-refractivity contribution in [2.75, 3.05) is 11.9 Å². The average Bonchev–Trinajstić information content (AvgIpc) is 3.07. The third-order valence-corrected chi connectivity index (χ3v) is 6.36. The van der Waals surface area contributed by atoms with Gasteiger partial charge in [0.1, 0.15) is 6.17 Å². The molecule has 3 atom stereocenters. The van der Waals surface area contributed by atoms with Crippen molar-refractivity contribution in [1.82, 2.24) is 4.90 Å². The molecule has 1 aliphatic carbocycles. The highest BCUT2D eigenvalue weighted by atomic mass is 15.3. The van der Waals surface area contributed by atoms with Crippen molar-refractivity contribution in [2.24, 2.45) is 16.6 Å². The van der Waals surface area contributed by atoms with E-state index in [1.54, 1.807) is 0 Å². The lowest BCUT2D eigenvalue weighted by Crippen LogP contribution is -2.40. The van der Waals surface area contributed by atoms with Crippen molar-refractivity contribution in [3.63, 3.8) is 0 Å². The Morgan fingerprint density at radius 3 is 2.64 bits per heavy atom. The SMILES string of the molecule is CN1C=C2C(=NC(C3CCCC(N)C3)N2Cc2ccccc2)c2ccccc21. The molecule has 0 saturated heterocycles. The number of aliphatic imine (C=N–C) groups is 1. The topological polar surface area (TPSA) is 44.9 Å². The fourth-order valence-electron chi connectivity index (χ4n) is 4.98. The standard InChI is InChI=1S/C24H28N4/c1-27-16-22-23(20-12-5-6-13-21(20)27)26-24(18-10-7-11-19(25)14-18)28(22)15-17-8-3-2-4-9-17/h2-6,8-9,12-13,16,18-19,24H,7,10-11,14-15,25H2,1H3. The van der Waals surface area contributed by atoms with Crippen LogP contribution in [0.2, 0.25) is 0 Å². The molecule has 5 rings (SSSR count). The first-order valence-corrected chi connectivity index (χ1v) is 10.4. The predicted molar refractivity (Wildman–Crippen MR) is 115 cm³/mol. The van der Waals surface area contributed by atoms with E-state index in [4.69, 9.17) is 10.7 Å². The fraction of sp³-hybridized carbons (Fsp3) is 0.375. The van der Waals surface area contributed by atoms with Crippen LogP contribution in [0, 0.1) is 5.92 Å². The molecule has 0 bridgehead atoms. The van der Waals surface area contributed by atoms with Crippen LogP contribution in [0.5, 0.6) is 0 Å². The third kappa shape index (κ3) is 3.02. The van der Waals surface area contributed by atoms with Crippen LogP contribution in [0.15, 0.2) is 71.5 Å². The molecule has 3 aliphatic rings.